The summed E-state index contributed by atoms with van der Waals surface area (Å²) in [6.07, 6.45) is 0.903. The summed E-state index contributed by atoms with van der Waals surface area (Å²) in [6, 6.07) is 12.9. The van der Waals surface area contributed by atoms with Gasteiger partial charge in [0, 0.05) is 22.3 Å². The number of thiophene rings is 1. The molecule has 21 heavy (non-hydrogen) atoms. The number of likely N-dealkylation sites (N-methyl/N-ethyl adjacent to an activating group) is 1. The molecular weight excluding hydrogens is 364 g/mol. The second kappa shape index (κ2) is 6.83. The molecule has 5 heteroatoms. The lowest BCUT2D eigenvalue weighted by Crippen LogP contribution is -2.18. The molecule has 2 aromatic heterocycles. The molecule has 1 aromatic carbocycles. The van der Waals surface area contributed by atoms with E-state index in [1.54, 1.807) is 22.7 Å². The van der Waals surface area contributed by atoms with Gasteiger partial charge in [0.25, 0.3) is 0 Å². The van der Waals surface area contributed by atoms with E-state index in [-0.39, 0.29) is 0 Å². The lowest BCUT2D eigenvalue weighted by molar-refractivity contribution is 0.586. The average Bonchev–Trinajstić information content (AvgIpc) is 3.14. The Bertz CT molecular complexity index is 706. The Labute approximate surface area is 141 Å². The molecule has 1 atom stereocenters. The summed E-state index contributed by atoms with van der Waals surface area (Å²) in [6.45, 7) is 0. The van der Waals surface area contributed by atoms with Crippen LogP contribution in [0.3, 0.4) is 0 Å². The lowest BCUT2D eigenvalue weighted by atomic mass is 10.0. The average molecular weight is 379 g/mol. The van der Waals surface area contributed by atoms with Gasteiger partial charge in [-0.25, -0.2) is 4.98 Å². The number of nitrogens with zero attached hydrogens (tertiary/aromatic N) is 1. The molecule has 0 amide bonds. The zero-order valence-corrected chi connectivity index (χ0v) is 14.8. The van der Waals surface area contributed by atoms with Gasteiger partial charge in [-0.2, -0.15) is 0 Å². The fourth-order valence-corrected chi connectivity index (χ4v) is 4.88. The molecule has 2 heterocycles. The van der Waals surface area contributed by atoms with Crippen LogP contribution in [0.4, 0.5) is 0 Å². The summed E-state index contributed by atoms with van der Waals surface area (Å²) in [5, 5.41) is 8.72. The summed E-state index contributed by atoms with van der Waals surface area (Å²) in [7, 11) is 2.00. The van der Waals surface area contributed by atoms with Crippen LogP contribution >= 0.6 is 38.6 Å². The molecule has 0 aliphatic heterocycles. The molecule has 1 unspecified atom stereocenters. The highest BCUT2D eigenvalue weighted by Gasteiger charge is 2.14. The minimum Gasteiger partial charge on any atom is -0.313 e. The fraction of sp³-hybridized carbons (Fsp3) is 0.188. The third kappa shape index (κ3) is 3.43. The first-order valence-electron chi connectivity index (χ1n) is 6.68. The van der Waals surface area contributed by atoms with Crippen LogP contribution in [0, 0.1) is 0 Å². The fourth-order valence-electron chi connectivity index (χ4n) is 2.23. The minimum absolute atomic E-state index is 0.299. The normalized spacial score (nSPS) is 12.5. The van der Waals surface area contributed by atoms with Crippen molar-refractivity contribution >= 4 is 38.6 Å². The molecule has 2 nitrogen and oxygen atoms in total. The number of rotatable bonds is 5. The Balaban J connectivity index is 1.79. The van der Waals surface area contributed by atoms with Crippen LogP contribution in [0.25, 0.3) is 9.88 Å². The third-order valence-corrected chi connectivity index (χ3v) is 6.21. The minimum atomic E-state index is 0.299. The number of halogens is 1. The number of nitrogens with one attached hydrogen (secondary N) is 1. The van der Waals surface area contributed by atoms with E-state index in [2.05, 4.69) is 62.3 Å². The van der Waals surface area contributed by atoms with E-state index in [0.29, 0.717) is 6.04 Å². The smallest absolute Gasteiger partial charge is 0.134 e. The summed E-state index contributed by atoms with van der Waals surface area (Å²) in [5.41, 5.74) is 2.44. The first kappa shape index (κ1) is 14.9. The third-order valence-electron chi connectivity index (χ3n) is 3.33. The van der Waals surface area contributed by atoms with Crippen molar-refractivity contribution in [3.05, 3.63) is 62.9 Å². The van der Waals surface area contributed by atoms with Crippen molar-refractivity contribution in [1.29, 1.82) is 0 Å². The first-order chi connectivity index (χ1) is 10.3. The standard InChI is InChI=1S/C16H15BrN2S2/c1-18-14(11-5-3-2-4-6-11)9-12-10-21-16(19-12)15-13(17)7-8-20-15/h2-8,10,14,18H,9H2,1H3. The van der Waals surface area contributed by atoms with Crippen LogP contribution in [0.2, 0.25) is 0 Å². The predicted molar refractivity (Wildman–Crippen MR) is 95.1 cm³/mol. The van der Waals surface area contributed by atoms with Crippen molar-refractivity contribution in [3.8, 4) is 9.88 Å². The predicted octanol–water partition coefficient (Wildman–Crippen LogP) is 5.14. The maximum atomic E-state index is 4.79. The second-order valence-corrected chi connectivity index (χ2v) is 7.33. The summed E-state index contributed by atoms with van der Waals surface area (Å²) < 4.78 is 1.13. The molecule has 1 N–H and O–H groups in total. The summed E-state index contributed by atoms with van der Waals surface area (Å²) in [4.78, 5) is 6.00. The van der Waals surface area contributed by atoms with E-state index in [0.717, 1.165) is 21.6 Å². The van der Waals surface area contributed by atoms with Crippen LogP contribution in [0.15, 0.2) is 51.6 Å². The molecule has 0 aliphatic rings. The van der Waals surface area contributed by atoms with E-state index < -0.39 is 0 Å². The lowest BCUT2D eigenvalue weighted by Gasteiger charge is -2.15. The van der Waals surface area contributed by atoms with E-state index in [9.17, 15) is 0 Å². The first-order valence-corrected chi connectivity index (χ1v) is 9.23. The van der Waals surface area contributed by atoms with Gasteiger partial charge in [-0.15, -0.1) is 22.7 Å². The number of benzene rings is 1. The highest BCUT2D eigenvalue weighted by molar-refractivity contribution is 9.10. The number of aromatic nitrogens is 1. The van der Waals surface area contributed by atoms with Crippen LogP contribution in [-0.2, 0) is 6.42 Å². The SMILES string of the molecule is CNC(Cc1csc(-c2sccc2Br)n1)c1ccccc1. The Hall–Kier alpha value is -1.01. The van der Waals surface area contributed by atoms with Gasteiger partial charge in [0.15, 0.2) is 0 Å². The van der Waals surface area contributed by atoms with Crippen LogP contribution in [-0.4, -0.2) is 12.0 Å². The Morgan fingerprint density at radius 1 is 1.19 bits per heavy atom. The van der Waals surface area contributed by atoms with E-state index in [1.165, 1.54) is 10.4 Å². The zero-order chi connectivity index (χ0) is 14.7. The molecule has 108 valence electrons. The molecule has 0 saturated carbocycles. The number of hydrogen-bond acceptors (Lipinski definition) is 4. The Morgan fingerprint density at radius 2 is 2.00 bits per heavy atom. The van der Waals surface area contributed by atoms with Gasteiger partial charge in [0.1, 0.15) is 5.01 Å². The van der Waals surface area contributed by atoms with Crippen LogP contribution < -0.4 is 5.32 Å². The van der Waals surface area contributed by atoms with Gasteiger partial charge in [0.2, 0.25) is 0 Å². The summed E-state index contributed by atoms with van der Waals surface area (Å²) in [5.74, 6) is 0. The van der Waals surface area contributed by atoms with Gasteiger partial charge >= 0.3 is 0 Å². The molecule has 0 fully saturated rings. The quantitative estimate of drug-likeness (QED) is 0.664. The maximum Gasteiger partial charge on any atom is 0.134 e. The zero-order valence-electron chi connectivity index (χ0n) is 11.5. The molecule has 0 aliphatic carbocycles. The molecule has 0 saturated heterocycles. The molecule has 0 radical (unpaired) electrons. The van der Waals surface area contributed by atoms with Crippen molar-refractivity contribution in [3.63, 3.8) is 0 Å². The second-order valence-electron chi connectivity index (χ2n) is 4.70. The molecule has 0 spiro atoms. The highest BCUT2D eigenvalue weighted by atomic mass is 79.9. The van der Waals surface area contributed by atoms with Crippen molar-refractivity contribution in [1.82, 2.24) is 10.3 Å². The molecular formula is C16H15BrN2S2. The van der Waals surface area contributed by atoms with Crippen LogP contribution in [0.1, 0.15) is 17.3 Å². The van der Waals surface area contributed by atoms with Crippen molar-refractivity contribution < 1.29 is 0 Å². The van der Waals surface area contributed by atoms with E-state index in [1.807, 2.05) is 13.1 Å². The topological polar surface area (TPSA) is 24.9 Å². The Kier molecular flexibility index (Phi) is 4.85. The largest absolute Gasteiger partial charge is 0.313 e. The maximum absolute atomic E-state index is 4.79. The van der Waals surface area contributed by atoms with Gasteiger partial charge in [0.05, 0.1) is 10.6 Å². The highest BCUT2D eigenvalue weighted by Crippen LogP contribution is 2.35. The van der Waals surface area contributed by atoms with Crippen molar-refractivity contribution in [2.75, 3.05) is 7.05 Å². The Morgan fingerprint density at radius 3 is 2.67 bits per heavy atom. The van der Waals surface area contributed by atoms with Crippen molar-refractivity contribution in [2.45, 2.75) is 12.5 Å². The summed E-state index contributed by atoms with van der Waals surface area (Å²) >= 11 is 7.01. The van der Waals surface area contributed by atoms with E-state index in [4.69, 9.17) is 4.98 Å². The van der Waals surface area contributed by atoms with Crippen molar-refractivity contribution in [2.24, 2.45) is 0 Å². The number of hydrogen-bond donors (Lipinski definition) is 1. The van der Waals surface area contributed by atoms with Gasteiger partial charge in [-0.3, -0.25) is 0 Å². The van der Waals surface area contributed by atoms with Gasteiger partial charge < -0.3 is 5.32 Å². The van der Waals surface area contributed by atoms with Gasteiger partial charge in [-0.1, -0.05) is 30.3 Å². The van der Waals surface area contributed by atoms with E-state index >= 15 is 0 Å². The van der Waals surface area contributed by atoms with Crippen LogP contribution in [0.5, 0.6) is 0 Å². The number of thiazole rings is 1. The molecule has 3 rings (SSSR count). The molecule has 0 bridgehead atoms. The van der Waals surface area contributed by atoms with Gasteiger partial charge in [-0.05, 0) is 40.0 Å². The molecule has 3 aromatic rings. The monoisotopic (exact) mass is 378 g/mol.